The van der Waals surface area contributed by atoms with Gasteiger partial charge in [0.1, 0.15) is 0 Å². The Morgan fingerprint density at radius 1 is 0.920 bits per heavy atom. The van der Waals surface area contributed by atoms with Gasteiger partial charge in [-0.3, -0.25) is 9.69 Å². The van der Waals surface area contributed by atoms with E-state index in [0.29, 0.717) is 5.91 Å². The van der Waals surface area contributed by atoms with Crippen molar-refractivity contribution < 1.29 is 4.79 Å². The van der Waals surface area contributed by atoms with Crippen LogP contribution in [-0.4, -0.2) is 30.4 Å². The van der Waals surface area contributed by atoms with E-state index in [4.69, 9.17) is 0 Å². The SMILES string of the molecule is O=C1N2CCCc3cccc(c32)C12CCN(Cc1ccccc1)CC2. The third-order valence-electron chi connectivity index (χ3n) is 6.35. The van der Waals surface area contributed by atoms with Gasteiger partial charge in [0.15, 0.2) is 0 Å². The zero-order valence-corrected chi connectivity index (χ0v) is 14.6. The Hall–Kier alpha value is -2.13. The first-order valence-corrected chi connectivity index (χ1v) is 9.49. The van der Waals surface area contributed by atoms with Gasteiger partial charge in [-0.25, -0.2) is 0 Å². The van der Waals surface area contributed by atoms with Crippen LogP contribution in [0.2, 0.25) is 0 Å². The molecule has 0 atom stereocenters. The Morgan fingerprint density at radius 2 is 1.72 bits per heavy atom. The van der Waals surface area contributed by atoms with Gasteiger partial charge in [0.25, 0.3) is 0 Å². The van der Waals surface area contributed by atoms with Crippen LogP contribution in [0.4, 0.5) is 5.69 Å². The molecule has 3 heteroatoms. The van der Waals surface area contributed by atoms with E-state index in [1.54, 1.807) is 0 Å². The fourth-order valence-electron chi connectivity index (χ4n) is 5.03. The van der Waals surface area contributed by atoms with Crippen LogP contribution in [0, 0.1) is 0 Å². The van der Waals surface area contributed by atoms with Crippen LogP contribution in [0.15, 0.2) is 48.5 Å². The molecule has 0 radical (unpaired) electrons. The number of rotatable bonds is 2. The Labute approximate surface area is 149 Å². The van der Waals surface area contributed by atoms with Gasteiger partial charge in [-0.15, -0.1) is 0 Å². The second-order valence-electron chi connectivity index (χ2n) is 7.72. The van der Waals surface area contributed by atoms with Crippen molar-refractivity contribution >= 4 is 11.6 Å². The van der Waals surface area contributed by atoms with E-state index in [9.17, 15) is 4.79 Å². The molecule has 128 valence electrons. The summed E-state index contributed by atoms with van der Waals surface area (Å²) in [6.07, 6.45) is 4.11. The third kappa shape index (κ3) is 2.26. The van der Waals surface area contributed by atoms with Crippen molar-refractivity contribution in [3.05, 3.63) is 65.2 Å². The number of hydrogen-bond acceptors (Lipinski definition) is 2. The van der Waals surface area contributed by atoms with E-state index in [1.165, 1.54) is 22.4 Å². The Morgan fingerprint density at radius 3 is 2.52 bits per heavy atom. The van der Waals surface area contributed by atoms with Crippen LogP contribution < -0.4 is 4.90 Å². The minimum Gasteiger partial charge on any atom is -0.311 e. The molecule has 0 aromatic heterocycles. The van der Waals surface area contributed by atoms with E-state index < -0.39 is 0 Å². The number of anilines is 1. The number of para-hydroxylation sites is 1. The second-order valence-corrected chi connectivity index (χ2v) is 7.72. The molecule has 3 nitrogen and oxygen atoms in total. The highest BCUT2D eigenvalue weighted by atomic mass is 16.2. The van der Waals surface area contributed by atoms with Crippen LogP contribution >= 0.6 is 0 Å². The molecule has 0 N–H and O–H groups in total. The lowest BCUT2D eigenvalue weighted by Crippen LogP contribution is -2.48. The molecule has 2 aromatic carbocycles. The first-order valence-electron chi connectivity index (χ1n) is 9.49. The maximum absolute atomic E-state index is 13.3. The number of piperidine rings is 1. The molecule has 25 heavy (non-hydrogen) atoms. The lowest BCUT2D eigenvalue weighted by molar-refractivity contribution is -0.125. The molecule has 3 aliphatic heterocycles. The van der Waals surface area contributed by atoms with Crippen molar-refractivity contribution in [3.8, 4) is 0 Å². The smallest absolute Gasteiger partial charge is 0.237 e. The average molecular weight is 332 g/mol. The molecule has 1 fully saturated rings. The number of benzene rings is 2. The van der Waals surface area contributed by atoms with Gasteiger partial charge in [0.2, 0.25) is 5.91 Å². The average Bonchev–Trinajstić information content (AvgIpc) is 2.90. The highest BCUT2D eigenvalue weighted by Gasteiger charge is 2.52. The Kier molecular flexibility index (Phi) is 3.46. The number of aryl methyl sites for hydroxylation is 1. The van der Waals surface area contributed by atoms with Crippen molar-refractivity contribution in [3.63, 3.8) is 0 Å². The van der Waals surface area contributed by atoms with E-state index in [2.05, 4.69) is 58.3 Å². The number of carbonyl (C=O) groups excluding carboxylic acids is 1. The van der Waals surface area contributed by atoms with Gasteiger partial charge in [0, 0.05) is 13.1 Å². The van der Waals surface area contributed by atoms with Crippen molar-refractivity contribution in [2.75, 3.05) is 24.5 Å². The fraction of sp³-hybridized carbons (Fsp3) is 0.409. The molecule has 3 heterocycles. The quantitative estimate of drug-likeness (QED) is 0.840. The molecule has 1 amide bonds. The zero-order valence-electron chi connectivity index (χ0n) is 14.6. The lowest BCUT2D eigenvalue weighted by atomic mass is 9.73. The first kappa shape index (κ1) is 15.2. The minimum atomic E-state index is -0.261. The Bertz CT molecular complexity index is 806. The largest absolute Gasteiger partial charge is 0.311 e. The van der Waals surface area contributed by atoms with Crippen LogP contribution in [0.3, 0.4) is 0 Å². The second kappa shape index (κ2) is 5.70. The number of likely N-dealkylation sites (tertiary alicyclic amines) is 1. The molecule has 1 saturated heterocycles. The molecular formula is C22H24N2O. The van der Waals surface area contributed by atoms with Crippen molar-refractivity contribution in [1.82, 2.24) is 4.90 Å². The van der Waals surface area contributed by atoms with Crippen molar-refractivity contribution in [2.24, 2.45) is 0 Å². The predicted octanol–water partition coefficient (Wildman–Crippen LogP) is 3.51. The van der Waals surface area contributed by atoms with Crippen molar-refractivity contribution in [2.45, 2.75) is 37.6 Å². The predicted molar refractivity (Wildman–Crippen MR) is 99.7 cm³/mol. The maximum Gasteiger partial charge on any atom is 0.237 e. The molecule has 0 aliphatic carbocycles. The molecule has 5 rings (SSSR count). The highest BCUT2D eigenvalue weighted by molar-refractivity contribution is 6.09. The van der Waals surface area contributed by atoms with E-state index in [-0.39, 0.29) is 5.41 Å². The molecule has 1 spiro atoms. The van der Waals surface area contributed by atoms with Crippen LogP contribution in [0.25, 0.3) is 0 Å². The molecule has 0 saturated carbocycles. The van der Waals surface area contributed by atoms with Crippen LogP contribution in [0.1, 0.15) is 36.0 Å². The normalized spacial score (nSPS) is 21.6. The molecule has 3 aliphatic rings. The van der Waals surface area contributed by atoms with Gasteiger partial charge >= 0.3 is 0 Å². The van der Waals surface area contributed by atoms with Gasteiger partial charge in [-0.05, 0) is 55.5 Å². The number of nitrogens with zero attached hydrogens (tertiary/aromatic N) is 2. The Balaban J connectivity index is 1.41. The molecule has 0 bridgehead atoms. The standard InChI is InChI=1S/C22H24N2O/c25-21-22(19-10-4-8-18-9-5-13-24(21)20(18)19)11-14-23(15-12-22)16-17-6-2-1-3-7-17/h1-4,6-8,10H,5,9,11-16H2. The topological polar surface area (TPSA) is 23.6 Å². The summed E-state index contributed by atoms with van der Waals surface area (Å²) in [5.74, 6) is 0.369. The lowest BCUT2D eigenvalue weighted by Gasteiger charge is -2.38. The van der Waals surface area contributed by atoms with E-state index in [1.807, 2.05) is 0 Å². The van der Waals surface area contributed by atoms with Crippen LogP contribution in [-0.2, 0) is 23.2 Å². The summed E-state index contributed by atoms with van der Waals surface area (Å²) in [6, 6.07) is 17.2. The van der Waals surface area contributed by atoms with Gasteiger partial charge in [-0.1, -0.05) is 48.5 Å². The number of hydrogen-bond donors (Lipinski definition) is 0. The van der Waals surface area contributed by atoms with E-state index >= 15 is 0 Å². The fourth-order valence-corrected chi connectivity index (χ4v) is 5.03. The van der Waals surface area contributed by atoms with Gasteiger partial charge < -0.3 is 4.90 Å². The summed E-state index contributed by atoms with van der Waals surface area (Å²) in [7, 11) is 0. The number of fused-ring (bicyclic) bond motifs is 1. The summed E-state index contributed by atoms with van der Waals surface area (Å²) in [5, 5.41) is 0. The number of amides is 1. The highest BCUT2D eigenvalue weighted by Crippen LogP contribution is 2.50. The summed E-state index contributed by atoms with van der Waals surface area (Å²) in [4.78, 5) is 17.9. The monoisotopic (exact) mass is 332 g/mol. The minimum absolute atomic E-state index is 0.261. The van der Waals surface area contributed by atoms with E-state index in [0.717, 1.165) is 51.9 Å². The molecule has 0 unspecified atom stereocenters. The first-order chi connectivity index (χ1) is 12.3. The van der Waals surface area contributed by atoms with Crippen molar-refractivity contribution in [1.29, 1.82) is 0 Å². The van der Waals surface area contributed by atoms with Gasteiger partial charge in [0.05, 0.1) is 11.1 Å². The summed E-state index contributed by atoms with van der Waals surface area (Å²) >= 11 is 0. The van der Waals surface area contributed by atoms with Gasteiger partial charge in [-0.2, -0.15) is 0 Å². The summed E-state index contributed by atoms with van der Waals surface area (Å²) in [6.45, 7) is 3.89. The zero-order chi connectivity index (χ0) is 16.9. The summed E-state index contributed by atoms with van der Waals surface area (Å²) < 4.78 is 0. The summed E-state index contributed by atoms with van der Waals surface area (Å²) in [5.41, 5.74) is 5.05. The molecule has 2 aromatic rings. The third-order valence-corrected chi connectivity index (χ3v) is 6.35. The number of carbonyl (C=O) groups is 1. The molecular weight excluding hydrogens is 308 g/mol. The maximum atomic E-state index is 13.3. The van der Waals surface area contributed by atoms with Crippen LogP contribution in [0.5, 0.6) is 0 Å².